The van der Waals surface area contributed by atoms with Gasteiger partial charge in [0.15, 0.2) is 11.0 Å². The fraction of sp³-hybridized carbons (Fsp3) is 0.286. The number of carbonyl (C=O) groups excluding carboxylic acids is 1. The molecule has 5 nitrogen and oxygen atoms in total. The van der Waals surface area contributed by atoms with E-state index < -0.39 is 5.25 Å². The zero-order valence-corrected chi connectivity index (χ0v) is 16.8. The minimum absolute atomic E-state index is 0.212. The van der Waals surface area contributed by atoms with Gasteiger partial charge in [-0.25, -0.2) is 8.78 Å². The van der Waals surface area contributed by atoms with Gasteiger partial charge in [0.2, 0.25) is 5.91 Å². The Hall–Kier alpha value is -2.74. The number of rotatable bonds is 6. The van der Waals surface area contributed by atoms with Crippen molar-refractivity contribution in [2.24, 2.45) is 0 Å². The average Bonchev–Trinajstić information content (AvgIpc) is 3.45. The third kappa shape index (κ3) is 4.17. The fourth-order valence-electron chi connectivity index (χ4n) is 2.97. The van der Waals surface area contributed by atoms with Crippen LogP contribution in [-0.4, -0.2) is 25.9 Å². The Balaban J connectivity index is 1.54. The second-order valence-electron chi connectivity index (χ2n) is 7.10. The maximum absolute atomic E-state index is 14.3. The second kappa shape index (κ2) is 7.94. The summed E-state index contributed by atoms with van der Waals surface area (Å²) in [7, 11) is 0. The van der Waals surface area contributed by atoms with Crippen LogP contribution in [-0.2, 0) is 4.79 Å². The van der Waals surface area contributed by atoms with Crippen molar-refractivity contribution in [2.45, 2.75) is 43.1 Å². The normalized spacial score (nSPS) is 14.6. The van der Waals surface area contributed by atoms with E-state index in [0.717, 1.165) is 12.8 Å². The molecule has 1 atom stereocenters. The number of hydrogen-bond donors (Lipinski definition) is 1. The summed E-state index contributed by atoms with van der Waals surface area (Å²) < 4.78 is 29.9. The Kier molecular flexibility index (Phi) is 5.36. The number of anilines is 1. The van der Waals surface area contributed by atoms with E-state index in [9.17, 15) is 13.6 Å². The van der Waals surface area contributed by atoms with Crippen molar-refractivity contribution in [1.29, 1.82) is 0 Å². The monoisotopic (exact) mass is 414 g/mol. The van der Waals surface area contributed by atoms with Gasteiger partial charge in [-0.1, -0.05) is 30.0 Å². The molecule has 1 N–H and O–H groups in total. The molecule has 1 saturated carbocycles. The highest BCUT2D eigenvalue weighted by molar-refractivity contribution is 8.00. The molecule has 1 aliphatic carbocycles. The SMILES string of the molecule is Cc1ccc(NC(=O)[C@@H](C)Sc2nnc(-c3ccccc3F)n2C2CC2)cc1F. The standard InChI is InChI=1S/C21H20F2N4OS/c1-12-7-8-14(11-18(12)23)24-20(28)13(2)29-21-26-25-19(27(21)15-9-10-15)16-5-3-4-6-17(16)22/h3-8,11,13,15H,9-10H2,1-2H3,(H,24,28)/t13-/m1/s1. The number of amides is 1. The first kappa shape index (κ1) is 19.6. The molecule has 1 fully saturated rings. The summed E-state index contributed by atoms with van der Waals surface area (Å²) in [5.41, 5.74) is 1.32. The summed E-state index contributed by atoms with van der Waals surface area (Å²) in [6.45, 7) is 3.41. The Morgan fingerprint density at radius 2 is 1.93 bits per heavy atom. The minimum Gasteiger partial charge on any atom is -0.325 e. The Bertz CT molecular complexity index is 1060. The Morgan fingerprint density at radius 3 is 2.62 bits per heavy atom. The van der Waals surface area contributed by atoms with E-state index in [1.54, 1.807) is 44.2 Å². The zero-order chi connectivity index (χ0) is 20.5. The van der Waals surface area contributed by atoms with Crippen molar-refractivity contribution < 1.29 is 13.6 Å². The van der Waals surface area contributed by atoms with Gasteiger partial charge in [-0.2, -0.15) is 0 Å². The zero-order valence-electron chi connectivity index (χ0n) is 16.0. The molecule has 4 rings (SSSR count). The second-order valence-corrected chi connectivity index (χ2v) is 8.41. The summed E-state index contributed by atoms with van der Waals surface area (Å²) in [5, 5.41) is 11.2. The van der Waals surface area contributed by atoms with Gasteiger partial charge < -0.3 is 5.32 Å². The smallest absolute Gasteiger partial charge is 0.237 e. The van der Waals surface area contributed by atoms with Gasteiger partial charge in [-0.15, -0.1) is 10.2 Å². The number of nitrogens with zero attached hydrogens (tertiary/aromatic N) is 3. The molecule has 150 valence electrons. The predicted octanol–water partition coefficient (Wildman–Crippen LogP) is 4.99. The topological polar surface area (TPSA) is 59.8 Å². The molecule has 0 saturated heterocycles. The van der Waals surface area contributed by atoms with Crippen molar-refractivity contribution in [3.63, 3.8) is 0 Å². The largest absolute Gasteiger partial charge is 0.325 e. The summed E-state index contributed by atoms with van der Waals surface area (Å²) in [6.07, 6.45) is 1.94. The fourth-order valence-corrected chi connectivity index (χ4v) is 3.89. The summed E-state index contributed by atoms with van der Waals surface area (Å²) in [6, 6.07) is 11.3. The first-order chi connectivity index (χ1) is 13.9. The summed E-state index contributed by atoms with van der Waals surface area (Å²) in [5.74, 6) is -0.519. The van der Waals surface area contributed by atoms with Crippen molar-refractivity contribution in [3.05, 3.63) is 59.7 Å². The highest BCUT2D eigenvalue weighted by Crippen LogP contribution is 2.42. The van der Waals surface area contributed by atoms with E-state index in [4.69, 9.17) is 0 Å². The van der Waals surface area contributed by atoms with Crippen molar-refractivity contribution >= 4 is 23.4 Å². The van der Waals surface area contributed by atoms with Gasteiger partial charge in [0.05, 0.1) is 10.8 Å². The van der Waals surface area contributed by atoms with Crippen LogP contribution in [0.1, 0.15) is 31.4 Å². The number of aryl methyl sites for hydroxylation is 1. The number of benzene rings is 2. The maximum Gasteiger partial charge on any atom is 0.237 e. The lowest BCUT2D eigenvalue weighted by atomic mass is 10.2. The molecule has 0 unspecified atom stereocenters. The molecule has 29 heavy (non-hydrogen) atoms. The maximum atomic E-state index is 14.3. The molecular formula is C21H20F2N4OS. The lowest BCUT2D eigenvalue weighted by Crippen LogP contribution is -2.23. The van der Waals surface area contributed by atoms with E-state index in [0.29, 0.717) is 27.8 Å². The third-order valence-corrected chi connectivity index (χ3v) is 5.84. The van der Waals surface area contributed by atoms with Gasteiger partial charge in [0.25, 0.3) is 0 Å². The van der Waals surface area contributed by atoms with Crippen LogP contribution in [0.2, 0.25) is 0 Å². The predicted molar refractivity (Wildman–Crippen MR) is 109 cm³/mol. The van der Waals surface area contributed by atoms with Crippen LogP contribution in [0, 0.1) is 18.6 Å². The molecule has 3 aromatic rings. The summed E-state index contributed by atoms with van der Waals surface area (Å²) in [4.78, 5) is 12.6. The van der Waals surface area contributed by atoms with Crippen LogP contribution >= 0.6 is 11.8 Å². The van der Waals surface area contributed by atoms with E-state index >= 15 is 0 Å². The van der Waals surface area contributed by atoms with E-state index in [1.807, 2.05) is 4.57 Å². The molecule has 2 aromatic carbocycles. The molecule has 0 bridgehead atoms. The van der Waals surface area contributed by atoms with Crippen LogP contribution in [0.4, 0.5) is 14.5 Å². The van der Waals surface area contributed by atoms with Crippen LogP contribution < -0.4 is 5.32 Å². The molecule has 1 aliphatic rings. The molecule has 0 spiro atoms. The molecule has 0 radical (unpaired) electrons. The number of halogens is 2. The van der Waals surface area contributed by atoms with Crippen LogP contribution in [0.15, 0.2) is 47.6 Å². The molecule has 8 heteroatoms. The van der Waals surface area contributed by atoms with Crippen LogP contribution in [0.3, 0.4) is 0 Å². The average molecular weight is 414 g/mol. The Morgan fingerprint density at radius 1 is 1.17 bits per heavy atom. The van der Waals surface area contributed by atoms with E-state index in [2.05, 4.69) is 15.5 Å². The number of carbonyl (C=O) groups is 1. The van der Waals surface area contributed by atoms with Gasteiger partial charge in [-0.3, -0.25) is 9.36 Å². The first-order valence-corrected chi connectivity index (χ1v) is 10.3. The first-order valence-electron chi connectivity index (χ1n) is 9.37. The van der Waals surface area contributed by atoms with Gasteiger partial charge >= 0.3 is 0 Å². The highest BCUT2D eigenvalue weighted by atomic mass is 32.2. The Labute approximate surface area is 171 Å². The number of thioether (sulfide) groups is 1. The molecule has 1 heterocycles. The summed E-state index contributed by atoms with van der Waals surface area (Å²) >= 11 is 1.26. The van der Waals surface area contributed by atoms with E-state index in [-0.39, 0.29) is 23.6 Å². The van der Waals surface area contributed by atoms with Gasteiger partial charge in [0.1, 0.15) is 11.6 Å². The molecule has 0 aliphatic heterocycles. The number of hydrogen-bond acceptors (Lipinski definition) is 4. The van der Waals surface area contributed by atoms with Crippen molar-refractivity contribution in [1.82, 2.24) is 14.8 Å². The quantitative estimate of drug-likeness (QED) is 0.578. The molecular weight excluding hydrogens is 394 g/mol. The highest BCUT2D eigenvalue weighted by Gasteiger charge is 2.32. The van der Waals surface area contributed by atoms with Gasteiger partial charge in [-0.05, 0) is 56.5 Å². The van der Waals surface area contributed by atoms with Crippen LogP contribution in [0.5, 0.6) is 0 Å². The number of aromatic nitrogens is 3. The van der Waals surface area contributed by atoms with Crippen molar-refractivity contribution in [3.8, 4) is 11.4 Å². The van der Waals surface area contributed by atoms with Crippen LogP contribution in [0.25, 0.3) is 11.4 Å². The molecule has 1 aromatic heterocycles. The number of nitrogens with one attached hydrogen (secondary N) is 1. The minimum atomic E-state index is -0.491. The third-order valence-electron chi connectivity index (χ3n) is 4.78. The van der Waals surface area contributed by atoms with Gasteiger partial charge in [0, 0.05) is 11.7 Å². The lowest BCUT2D eigenvalue weighted by molar-refractivity contribution is -0.115. The lowest BCUT2D eigenvalue weighted by Gasteiger charge is -2.14. The van der Waals surface area contributed by atoms with Crippen molar-refractivity contribution in [2.75, 3.05) is 5.32 Å². The molecule has 1 amide bonds. The van der Waals surface area contributed by atoms with E-state index in [1.165, 1.54) is 23.9 Å².